The predicted octanol–water partition coefficient (Wildman–Crippen LogP) is 1.87. The lowest BCUT2D eigenvalue weighted by Gasteiger charge is -2.19. The highest BCUT2D eigenvalue weighted by Crippen LogP contribution is 2.18. The van der Waals surface area contributed by atoms with Crippen LogP contribution in [0.2, 0.25) is 6.04 Å². The Morgan fingerprint density at radius 1 is 1.12 bits per heavy atom. The van der Waals surface area contributed by atoms with E-state index in [2.05, 4.69) is 0 Å². The highest BCUT2D eigenvalue weighted by Gasteiger charge is 2.33. The SMILES string of the molecule is CO[Si](O)(CCc1cc(F)c(F)c(F)c1)OC. The Kier molecular flexibility index (Phi) is 4.69. The molecule has 0 heterocycles. The smallest absolute Gasteiger partial charge is 0.390 e. The average Bonchev–Trinajstić information content (AvgIpc) is 2.32. The summed E-state index contributed by atoms with van der Waals surface area (Å²) in [6.45, 7) is 0. The number of halogens is 3. The highest BCUT2D eigenvalue weighted by atomic mass is 28.4. The first-order valence-corrected chi connectivity index (χ1v) is 6.85. The van der Waals surface area contributed by atoms with Gasteiger partial charge in [-0.2, -0.15) is 0 Å². The summed E-state index contributed by atoms with van der Waals surface area (Å²) >= 11 is 0. The molecule has 0 aliphatic rings. The second kappa shape index (κ2) is 5.63. The molecule has 0 spiro atoms. The van der Waals surface area contributed by atoms with Gasteiger partial charge in [-0.1, -0.05) is 0 Å². The van der Waals surface area contributed by atoms with Gasteiger partial charge in [-0.25, -0.2) is 13.2 Å². The molecule has 0 saturated carbocycles. The fraction of sp³-hybridized carbons (Fsp3) is 0.400. The van der Waals surface area contributed by atoms with Gasteiger partial charge in [-0.05, 0) is 24.1 Å². The average molecular weight is 266 g/mol. The van der Waals surface area contributed by atoms with Crippen molar-refractivity contribution >= 4 is 8.80 Å². The van der Waals surface area contributed by atoms with E-state index in [1.807, 2.05) is 0 Å². The summed E-state index contributed by atoms with van der Waals surface area (Å²) in [5.74, 6) is -4.00. The lowest BCUT2D eigenvalue weighted by Crippen LogP contribution is -2.40. The molecule has 0 radical (unpaired) electrons. The van der Waals surface area contributed by atoms with Gasteiger partial charge in [0.1, 0.15) is 0 Å². The van der Waals surface area contributed by atoms with Crippen LogP contribution in [0.25, 0.3) is 0 Å². The van der Waals surface area contributed by atoms with E-state index in [9.17, 15) is 18.0 Å². The van der Waals surface area contributed by atoms with Crippen molar-refractivity contribution in [3.8, 4) is 0 Å². The molecule has 0 fully saturated rings. The van der Waals surface area contributed by atoms with Crippen LogP contribution in [0.15, 0.2) is 12.1 Å². The van der Waals surface area contributed by atoms with Gasteiger partial charge in [-0.3, -0.25) is 0 Å². The molecule has 0 aliphatic heterocycles. The van der Waals surface area contributed by atoms with Gasteiger partial charge in [-0.15, -0.1) is 0 Å². The standard InChI is InChI=1S/C10H13F3O3Si/c1-15-17(14,16-2)4-3-7-5-8(11)10(13)9(12)6-7/h5-6,14H,3-4H2,1-2H3. The van der Waals surface area contributed by atoms with Gasteiger partial charge in [0.2, 0.25) is 0 Å². The van der Waals surface area contributed by atoms with Crippen molar-refractivity contribution in [1.29, 1.82) is 0 Å². The second-order valence-electron chi connectivity index (χ2n) is 3.49. The highest BCUT2D eigenvalue weighted by molar-refractivity contribution is 6.59. The molecular formula is C10H13F3O3Si. The third-order valence-electron chi connectivity index (χ3n) is 2.41. The maximum atomic E-state index is 12.9. The minimum Gasteiger partial charge on any atom is -0.390 e. The van der Waals surface area contributed by atoms with Crippen molar-refractivity contribution in [2.24, 2.45) is 0 Å². The molecule has 0 aliphatic carbocycles. The number of benzene rings is 1. The molecule has 0 atom stereocenters. The molecule has 0 amide bonds. The molecule has 1 rings (SSSR count). The molecule has 3 nitrogen and oxygen atoms in total. The maximum absolute atomic E-state index is 12.9. The van der Waals surface area contributed by atoms with Crippen molar-refractivity contribution in [2.75, 3.05) is 14.2 Å². The van der Waals surface area contributed by atoms with Crippen LogP contribution in [0.1, 0.15) is 5.56 Å². The normalized spacial score (nSPS) is 11.9. The van der Waals surface area contributed by atoms with E-state index < -0.39 is 26.3 Å². The summed E-state index contributed by atoms with van der Waals surface area (Å²) in [5, 5.41) is 0. The monoisotopic (exact) mass is 266 g/mol. The van der Waals surface area contributed by atoms with E-state index >= 15 is 0 Å². The van der Waals surface area contributed by atoms with Gasteiger partial charge < -0.3 is 13.6 Å². The molecule has 17 heavy (non-hydrogen) atoms. The van der Waals surface area contributed by atoms with Crippen molar-refractivity contribution in [1.82, 2.24) is 0 Å². The largest absolute Gasteiger partial charge is 0.498 e. The fourth-order valence-corrected chi connectivity index (χ4v) is 2.52. The van der Waals surface area contributed by atoms with Crippen LogP contribution in [0, 0.1) is 17.5 Å². The van der Waals surface area contributed by atoms with Gasteiger partial charge in [0.05, 0.1) is 0 Å². The summed E-state index contributed by atoms with van der Waals surface area (Å²) in [6, 6.07) is 1.88. The summed E-state index contributed by atoms with van der Waals surface area (Å²) in [4.78, 5) is 9.72. The summed E-state index contributed by atoms with van der Waals surface area (Å²) in [6.07, 6.45) is 0.137. The second-order valence-corrected chi connectivity index (χ2v) is 6.24. The van der Waals surface area contributed by atoms with E-state index in [1.165, 1.54) is 14.2 Å². The molecule has 0 unspecified atom stereocenters. The van der Waals surface area contributed by atoms with Gasteiger partial charge >= 0.3 is 8.80 Å². The Bertz CT molecular complexity index is 373. The van der Waals surface area contributed by atoms with Crippen molar-refractivity contribution in [3.63, 3.8) is 0 Å². The summed E-state index contributed by atoms with van der Waals surface area (Å²) < 4.78 is 48.1. The van der Waals surface area contributed by atoms with Crippen molar-refractivity contribution in [2.45, 2.75) is 12.5 Å². The maximum Gasteiger partial charge on any atom is 0.498 e. The molecule has 1 aromatic carbocycles. The van der Waals surface area contributed by atoms with Crippen LogP contribution in [-0.2, 0) is 15.3 Å². The number of aryl methyl sites for hydroxylation is 1. The Morgan fingerprint density at radius 2 is 1.59 bits per heavy atom. The third-order valence-corrected chi connectivity index (χ3v) is 4.57. The van der Waals surface area contributed by atoms with E-state index in [0.29, 0.717) is 0 Å². The predicted molar refractivity (Wildman–Crippen MR) is 56.8 cm³/mol. The quantitative estimate of drug-likeness (QED) is 0.653. The zero-order valence-corrected chi connectivity index (χ0v) is 10.5. The summed E-state index contributed by atoms with van der Waals surface area (Å²) in [5.41, 5.74) is 0.237. The lowest BCUT2D eigenvalue weighted by atomic mass is 10.1. The van der Waals surface area contributed by atoms with Crippen LogP contribution in [-0.4, -0.2) is 27.8 Å². The molecule has 0 saturated heterocycles. The molecular weight excluding hydrogens is 253 g/mol. The Morgan fingerprint density at radius 3 is 2.00 bits per heavy atom. The van der Waals surface area contributed by atoms with E-state index in [-0.39, 0.29) is 18.0 Å². The third kappa shape index (κ3) is 3.53. The zero-order chi connectivity index (χ0) is 13.1. The van der Waals surface area contributed by atoms with E-state index in [4.69, 9.17) is 8.85 Å². The molecule has 7 heteroatoms. The van der Waals surface area contributed by atoms with Gasteiger partial charge in [0.25, 0.3) is 0 Å². The van der Waals surface area contributed by atoms with E-state index in [1.54, 1.807) is 0 Å². The number of rotatable bonds is 5. The summed E-state index contributed by atoms with van der Waals surface area (Å²) in [7, 11) is -0.681. The lowest BCUT2D eigenvalue weighted by molar-refractivity contribution is 0.151. The van der Waals surface area contributed by atoms with Gasteiger partial charge in [0.15, 0.2) is 17.5 Å². The molecule has 1 aromatic rings. The Hall–Kier alpha value is -0.893. The molecule has 0 bridgehead atoms. The number of hydrogen-bond donors (Lipinski definition) is 1. The fourth-order valence-electron chi connectivity index (χ4n) is 1.34. The van der Waals surface area contributed by atoms with Crippen LogP contribution < -0.4 is 0 Å². The van der Waals surface area contributed by atoms with Crippen molar-refractivity contribution in [3.05, 3.63) is 35.1 Å². The minimum atomic E-state index is -3.27. The molecule has 0 aromatic heterocycles. The Balaban J connectivity index is 2.76. The van der Waals surface area contributed by atoms with E-state index in [0.717, 1.165) is 12.1 Å². The zero-order valence-electron chi connectivity index (χ0n) is 9.47. The Labute approximate surface area is 98.2 Å². The molecule has 96 valence electrons. The van der Waals surface area contributed by atoms with Crippen LogP contribution in [0.3, 0.4) is 0 Å². The first-order valence-electron chi connectivity index (χ1n) is 4.88. The van der Waals surface area contributed by atoms with Crippen LogP contribution >= 0.6 is 0 Å². The first-order chi connectivity index (χ1) is 7.91. The van der Waals surface area contributed by atoms with Crippen molar-refractivity contribution < 1.29 is 26.8 Å². The van der Waals surface area contributed by atoms with Crippen LogP contribution in [0.4, 0.5) is 13.2 Å². The van der Waals surface area contributed by atoms with Crippen LogP contribution in [0.5, 0.6) is 0 Å². The molecule has 1 N–H and O–H groups in total. The minimum absolute atomic E-state index is 0.102. The topological polar surface area (TPSA) is 38.7 Å². The first kappa shape index (κ1) is 14.2. The number of hydrogen-bond acceptors (Lipinski definition) is 3. The van der Waals surface area contributed by atoms with Gasteiger partial charge in [0, 0.05) is 20.3 Å².